The molecule has 214 valence electrons. The summed E-state index contributed by atoms with van der Waals surface area (Å²) in [5, 5.41) is -4.01. The number of benzene rings is 8. The monoisotopic (exact) mass is 612 g/mol. The summed E-state index contributed by atoms with van der Waals surface area (Å²) in [4.78, 5) is 0. The number of rotatable bonds is 3. The predicted octanol–water partition coefficient (Wildman–Crippen LogP) is 12.5. The van der Waals surface area contributed by atoms with Crippen molar-refractivity contribution in [2.75, 3.05) is 0 Å². The molecule has 0 amide bonds. The Morgan fingerprint density at radius 3 is 1.67 bits per heavy atom. The Kier molecular flexibility index (Phi) is 2.19. The van der Waals surface area contributed by atoms with Gasteiger partial charge in [-0.05, 0) is 95.6 Å². The Morgan fingerprint density at radius 2 is 0.913 bits per heavy atom. The molecule has 1 aromatic heterocycles. The summed E-state index contributed by atoms with van der Waals surface area (Å²) < 4.78 is 258. The summed E-state index contributed by atoms with van der Waals surface area (Å²) in [6.07, 6.45) is -3.04. The van der Waals surface area contributed by atoms with Gasteiger partial charge in [-0.1, -0.05) is 145 Å². The SMILES string of the molecule is [2H]c1c([2H])c([2H])c2c(c1[2H])-c1c(-c3c4c([2H])c([2H])c([2H])c([2H])c4c(-c4c([2H])c([2H])c(-c5c([2H])c([2H])c([2H])c6oc7c([2H])c([2H])c([2H])c([2H])c7c56)c([2H])c4[2H])c4c([2H])c([2H])c([2H])c([2H])c34)c([2H])c([2H])c([2H])c1C2([2H])[2H]. The molecule has 46 heavy (non-hydrogen) atoms. The molecule has 1 aliphatic rings. The van der Waals surface area contributed by atoms with E-state index in [9.17, 15) is 15.1 Å². The highest BCUT2D eigenvalue weighted by molar-refractivity contribution is 6.23. The highest BCUT2D eigenvalue weighted by Crippen LogP contribution is 2.49. The Hall–Kier alpha value is -5.92. The van der Waals surface area contributed by atoms with E-state index in [1.807, 2.05) is 0 Å². The van der Waals surface area contributed by atoms with E-state index in [1.165, 1.54) is 0 Å². The van der Waals surface area contributed by atoms with Crippen molar-refractivity contribution >= 4 is 43.5 Å². The molecule has 10 rings (SSSR count). The lowest BCUT2D eigenvalue weighted by atomic mass is 9.83. The van der Waals surface area contributed by atoms with E-state index in [2.05, 4.69) is 0 Å². The van der Waals surface area contributed by atoms with Crippen LogP contribution in [0.1, 0.15) is 49.5 Å². The van der Waals surface area contributed by atoms with Crippen molar-refractivity contribution in [1.29, 1.82) is 0 Å². The van der Waals surface area contributed by atoms with Crippen LogP contribution in [0.5, 0.6) is 0 Å². The summed E-state index contributed by atoms with van der Waals surface area (Å²) in [5.41, 5.74) is -8.52. The fourth-order valence-electron chi connectivity index (χ4n) is 5.89. The molecule has 8 aromatic carbocycles. The first-order chi connectivity index (χ1) is 34.4. The minimum absolute atomic E-state index is 0.440. The molecular formula is C45H28O. The molecule has 0 bridgehead atoms. The molecule has 0 saturated heterocycles. The fourth-order valence-corrected chi connectivity index (χ4v) is 5.89. The van der Waals surface area contributed by atoms with E-state index >= 15 is 0 Å². The zero-order chi connectivity index (χ0) is 54.6. The van der Waals surface area contributed by atoms with Gasteiger partial charge < -0.3 is 4.42 Å². The fraction of sp³-hybridized carbons (Fsp3) is 0.0222. The normalized spacial score (nSPS) is 21.9. The Labute approximate surface area is 306 Å². The van der Waals surface area contributed by atoms with Gasteiger partial charge in [0.1, 0.15) is 11.2 Å². The van der Waals surface area contributed by atoms with Crippen molar-refractivity contribution in [1.82, 2.24) is 0 Å². The maximum absolute atomic E-state index is 9.65. The third-order valence-electron chi connectivity index (χ3n) is 7.76. The smallest absolute Gasteiger partial charge is 0.136 e. The van der Waals surface area contributed by atoms with Crippen LogP contribution in [-0.2, 0) is 6.37 Å². The van der Waals surface area contributed by atoms with E-state index in [4.69, 9.17) is 27.7 Å². The topological polar surface area (TPSA) is 13.1 Å². The summed E-state index contributed by atoms with van der Waals surface area (Å²) in [6.45, 7) is 0. The molecule has 0 N–H and O–H groups in total. The first-order valence-electron chi connectivity index (χ1n) is 27.7. The third-order valence-corrected chi connectivity index (χ3v) is 7.76. The Morgan fingerprint density at radius 1 is 0.391 bits per heavy atom. The molecule has 0 unspecified atom stereocenters. The largest absolute Gasteiger partial charge is 0.456 e. The second-order valence-electron chi connectivity index (χ2n) is 10.1. The van der Waals surface area contributed by atoms with Gasteiger partial charge in [-0.2, -0.15) is 0 Å². The van der Waals surface area contributed by atoms with Gasteiger partial charge in [-0.15, -0.1) is 0 Å². The lowest BCUT2D eigenvalue weighted by Gasteiger charge is -2.20. The van der Waals surface area contributed by atoms with Gasteiger partial charge >= 0.3 is 0 Å². The summed E-state index contributed by atoms with van der Waals surface area (Å²) in [7, 11) is 0. The van der Waals surface area contributed by atoms with Crippen LogP contribution in [0.2, 0.25) is 0 Å². The molecule has 0 spiro atoms. The van der Waals surface area contributed by atoms with Crippen LogP contribution in [0.3, 0.4) is 0 Å². The lowest BCUT2D eigenvalue weighted by molar-refractivity contribution is 0.669. The summed E-state index contributed by atoms with van der Waals surface area (Å²) in [6, 6.07) is -24.8. The van der Waals surface area contributed by atoms with Gasteiger partial charge in [-0.3, -0.25) is 0 Å². The highest BCUT2D eigenvalue weighted by Gasteiger charge is 2.24. The number of hydrogen-bond acceptors (Lipinski definition) is 1. The van der Waals surface area contributed by atoms with Gasteiger partial charge in [0.2, 0.25) is 0 Å². The first kappa shape index (κ1) is 10.3. The average Bonchev–Trinajstić information content (AvgIpc) is 3.87. The van der Waals surface area contributed by atoms with Crippen LogP contribution in [0.25, 0.3) is 88.0 Å². The maximum Gasteiger partial charge on any atom is 0.136 e. The molecule has 1 aliphatic carbocycles. The molecule has 0 atom stereocenters. The molecular weight excluding hydrogens is 556 g/mol. The zero-order valence-electron chi connectivity index (χ0n) is 50.9. The number of fused-ring (bicyclic) bond motifs is 8. The van der Waals surface area contributed by atoms with Gasteiger partial charge in [0.25, 0.3) is 0 Å². The molecule has 0 fully saturated rings. The Bertz CT molecular complexity index is 4120. The van der Waals surface area contributed by atoms with Crippen LogP contribution >= 0.6 is 0 Å². The van der Waals surface area contributed by atoms with Crippen molar-refractivity contribution in [3.8, 4) is 44.5 Å². The molecule has 0 saturated carbocycles. The lowest BCUT2D eigenvalue weighted by Crippen LogP contribution is -1.93. The van der Waals surface area contributed by atoms with Crippen LogP contribution in [-0.4, -0.2) is 0 Å². The van der Waals surface area contributed by atoms with Crippen LogP contribution < -0.4 is 0 Å². The van der Waals surface area contributed by atoms with Crippen molar-refractivity contribution in [2.24, 2.45) is 0 Å². The summed E-state index contributed by atoms with van der Waals surface area (Å²) in [5.74, 6) is 0. The number of para-hydroxylation sites is 1. The van der Waals surface area contributed by atoms with Gasteiger partial charge in [-0.25, -0.2) is 0 Å². The van der Waals surface area contributed by atoms with Gasteiger partial charge in [0.05, 0.1) is 35.6 Å². The molecule has 1 nitrogen and oxygen atoms in total. The first-order valence-corrected chi connectivity index (χ1v) is 13.7. The maximum atomic E-state index is 9.65. The molecule has 1 heterocycles. The number of hydrogen-bond donors (Lipinski definition) is 0. The second-order valence-corrected chi connectivity index (χ2v) is 10.1. The summed E-state index contributed by atoms with van der Waals surface area (Å²) >= 11 is 0. The highest BCUT2D eigenvalue weighted by atomic mass is 16.3. The van der Waals surface area contributed by atoms with E-state index in [-0.39, 0.29) is 0 Å². The Balaban J connectivity index is 1.47. The van der Waals surface area contributed by atoms with Gasteiger partial charge in [0, 0.05) is 13.5 Å². The van der Waals surface area contributed by atoms with Crippen molar-refractivity contribution in [3.05, 3.63) is 168 Å². The van der Waals surface area contributed by atoms with Crippen molar-refractivity contribution in [2.45, 2.75) is 6.37 Å². The minimum atomic E-state index is -3.04. The quantitative estimate of drug-likeness (QED) is 0.181. The van der Waals surface area contributed by atoms with Crippen LogP contribution in [0.4, 0.5) is 0 Å². The van der Waals surface area contributed by atoms with E-state index in [0.717, 1.165) is 0 Å². The van der Waals surface area contributed by atoms with Crippen LogP contribution in [0, 0.1) is 0 Å². The minimum Gasteiger partial charge on any atom is -0.456 e. The van der Waals surface area contributed by atoms with Gasteiger partial charge in [0.15, 0.2) is 0 Å². The van der Waals surface area contributed by atoms with E-state index < -0.39 is 263 Å². The standard InChI is InChI=1S/C45H28O/c1-2-13-33-30(11-1)27-31-12-9-20-39(43(31)33)44-36-16-5-3-14-34(36)42(35-15-4-6-17-37(35)44)29-25-23-28(24-26-29)32-19-10-22-41-45(32)38-18-7-8-21-40(38)46-41/h1-26H,27H2/i1D,2D,3D,4D,5D,6D,7D,8D,9D,10D,11D,12D,13D,14D,15D,16D,17D,18D,19D,20D,21D,22D,23D,24D,25D,26D,27D2. The molecule has 9 aromatic rings. The molecule has 1 heteroatoms. The van der Waals surface area contributed by atoms with E-state index in [1.54, 1.807) is 0 Å². The predicted molar refractivity (Wildman–Crippen MR) is 193 cm³/mol. The zero-order valence-corrected chi connectivity index (χ0v) is 22.9. The van der Waals surface area contributed by atoms with E-state index in [0.29, 0.717) is 0 Å². The molecule has 0 radical (unpaired) electrons. The average molecular weight is 613 g/mol. The molecule has 0 aliphatic heterocycles. The van der Waals surface area contributed by atoms with Crippen molar-refractivity contribution < 1.29 is 42.8 Å². The van der Waals surface area contributed by atoms with Crippen LogP contribution in [0.15, 0.2) is 162 Å². The van der Waals surface area contributed by atoms with Crippen molar-refractivity contribution in [3.63, 3.8) is 0 Å². The second kappa shape index (κ2) is 9.79. The number of furan rings is 1. The third kappa shape index (κ3) is 3.63.